The number of carbonyl (C=O) groups excluding carboxylic acids is 1. The number of halogens is 3. The second-order valence-electron chi connectivity index (χ2n) is 7.16. The molecule has 1 aliphatic heterocycles. The second-order valence-corrected chi connectivity index (χ2v) is 7.16. The quantitative estimate of drug-likeness (QED) is 0.565. The minimum Gasteiger partial charge on any atom is -0.371 e. The highest BCUT2D eigenvalue weighted by Crippen LogP contribution is 2.32. The van der Waals surface area contributed by atoms with Crippen LogP contribution in [0.1, 0.15) is 35.7 Å². The Balaban J connectivity index is 1.92. The normalized spacial score (nSPS) is 15.2. The fourth-order valence-electron chi connectivity index (χ4n) is 3.32. The van der Waals surface area contributed by atoms with Crippen molar-refractivity contribution in [1.29, 1.82) is 0 Å². The molecule has 0 atom stereocenters. The predicted octanol–water partition coefficient (Wildman–Crippen LogP) is 5.10. The summed E-state index contributed by atoms with van der Waals surface area (Å²) in [4.78, 5) is 25.4. The third-order valence-corrected chi connectivity index (χ3v) is 5.01. The second kappa shape index (κ2) is 8.10. The van der Waals surface area contributed by atoms with Crippen molar-refractivity contribution in [1.82, 2.24) is 0 Å². The number of nitro benzene ring substituents is 1. The maximum absolute atomic E-state index is 12.9. The van der Waals surface area contributed by atoms with Gasteiger partial charge in [-0.1, -0.05) is 13.0 Å². The Morgan fingerprint density at radius 1 is 1.17 bits per heavy atom. The zero-order valence-corrected chi connectivity index (χ0v) is 15.7. The molecule has 3 rings (SSSR count). The molecule has 0 spiro atoms. The molecule has 29 heavy (non-hydrogen) atoms. The van der Waals surface area contributed by atoms with Crippen molar-refractivity contribution in [3.05, 3.63) is 63.7 Å². The zero-order chi connectivity index (χ0) is 21.2. The van der Waals surface area contributed by atoms with Crippen molar-refractivity contribution in [2.75, 3.05) is 23.3 Å². The molecule has 0 unspecified atom stereocenters. The molecule has 0 saturated carbocycles. The van der Waals surface area contributed by atoms with Gasteiger partial charge in [0.25, 0.3) is 11.6 Å². The third-order valence-electron chi connectivity index (χ3n) is 5.01. The average Bonchev–Trinajstić information content (AvgIpc) is 2.67. The third kappa shape index (κ3) is 4.85. The van der Waals surface area contributed by atoms with E-state index in [2.05, 4.69) is 12.2 Å². The monoisotopic (exact) mass is 407 g/mol. The van der Waals surface area contributed by atoms with Crippen molar-refractivity contribution in [3.8, 4) is 0 Å². The van der Waals surface area contributed by atoms with Gasteiger partial charge in [-0.15, -0.1) is 0 Å². The highest BCUT2D eigenvalue weighted by atomic mass is 19.4. The summed E-state index contributed by atoms with van der Waals surface area (Å²) in [6, 6.07) is 8.28. The lowest BCUT2D eigenvalue weighted by Crippen LogP contribution is -2.34. The number of benzene rings is 2. The Morgan fingerprint density at radius 3 is 2.48 bits per heavy atom. The standard InChI is InChI=1S/C20H20F3N3O3/c1-13-7-9-25(10-8-13)18-6-5-16(26(28)29)12-17(18)19(27)24-15-4-2-3-14(11-15)20(21,22)23/h2-6,11-13H,7-10H2,1H3,(H,24,27). The Kier molecular flexibility index (Phi) is 5.76. The van der Waals surface area contributed by atoms with Gasteiger partial charge >= 0.3 is 6.18 Å². The van der Waals surface area contributed by atoms with Crippen LogP contribution in [0.25, 0.3) is 0 Å². The van der Waals surface area contributed by atoms with E-state index in [1.54, 1.807) is 0 Å². The van der Waals surface area contributed by atoms with E-state index in [9.17, 15) is 28.1 Å². The fourth-order valence-corrected chi connectivity index (χ4v) is 3.32. The lowest BCUT2D eigenvalue weighted by atomic mass is 9.98. The maximum atomic E-state index is 12.9. The summed E-state index contributed by atoms with van der Waals surface area (Å²) in [5.41, 5.74) is -0.583. The maximum Gasteiger partial charge on any atom is 0.416 e. The largest absolute Gasteiger partial charge is 0.416 e. The lowest BCUT2D eigenvalue weighted by Gasteiger charge is -2.33. The summed E-state index contributed by atoms with van der Waals surface area (Å²) >= 11 is 0. The summed E-state index contributed by atoms with van der Waals surface area (Å²) in [6.07, 6.45) is -2.70. The van der Waals surface area contributed by atoms with Crippen LogP contribution in [0.4, 0.5) is 30.2 Å². The van der Waals surface area contributed by atoms with Crippen molar-refractivity contribution < 1.29 is 22.9 Å². The number of nitro groups is 1. The molecule has 6 nitrogen and oxygen atoms in total. The van der Waals surface area contributed by atoms with Gasteiger partial charge in [-0.05, 0) is 43.0 Å². The first-order chi connectivity index (χ1) is 13.6. The number of piperidine rings is 1. The van der Waals surface area contributed by atoms with Crippen LogP contribution in [0.2, 0.25) is 0 Å². The van der Waals surface area contributed by atoms with Crippen molar-refractivity contribution in [2.24, 2.45) is 5.92 Å². The van der Waals surface area contributed by atoms with E-state index in [1.165, 1.54) is 24.3 Å². The number of anilines is 2. The van der Waals surface area contributed by atoms with E-state index in [0.29, 0.717) is 24.7 Å². The van der Waals surface area contributed by atoms with Gasteiger partial charge in [-0.3, -0.25) is 14.9 Å². The molecule has 0 bridgehead atoms. The molecule has 1 N–H and O–H groups in total. The number of rotatable bonds is 4. The highest BCUT2D eigenvalue weighted by molar-refractivity contribution is 6.08. The number of hydrogen-bond donors (Lipinski definition) is 1. The van der Waals surface area contributed by atoms with Crippen LogP contribution in [0.15, 0.2) is 42.5 Å². The molecule has 1 heterocycles. The van der Waals surface area contributed by atoms with Crippen LogP contribution in [-0.2, 0) is 6.18 Å². The van der Waals surface area contributed by atoms with Crippen molar-refractivity contribution in [3.63, 3.8) is 0 Å². The Hall–Kier alpha value is -3.10. The molecular weight excluding hydrogens is 387 g/mol. The number of carbonyl (C=O) groups is 1. The van der Waals surface area contributed by atoms with E-state index in [-0.39, 0.29) is 16.9 Å². The first kappa shape index (κ1) is 20.6. The number of hydrogen-bond acceptors (Lipinski definition) is 4. The summed E-state index contributed by atoms with van der Waals surface area (Å²) in [6.45, 7) is 3.53. The van der Waals surface area contributed by atoms with Gasteiger partial charge in [0.1, 0.15) is 0 Å². The van der Waals surface area contributed by atoms with Crippen LogP contribution in [0, 0.1) is 16.0 Å². The number of amides is 1. The van der Waals surface area contributed by atoms with Gasteiger partial charge in [0.2, 0.25) is 0 Å². The number of nitrogens with one attached hydrogen (secondary N) is 1. The minimum atomic E-state index is -4.54. The van der Waals surface area contributed by atoms with Crippen molar-refractivity contribution >= 4 is 23.0 Å². The smallest absolute Gasteiger partial charge is 0.371 e. The van der Waals surface area contributed by atoms with E-state index >= 15 is 0 Å². The highest BCUT2D eigenvalue weighted by Gasteiger charge is 2.31. The minimum absolute atomic E-state index is 0.0328. The summed E-state index contributed by atoms with van der Waals surface area (Å²) in [7, 11) is 0. The first-order valence-corrected chi connectivity index (χ1v) is 9.17. The number of non-ortho nitro benzene ring substituents is 1. The Labute approximate surface area is 165 Å². The number of alkyl halides is 3. The average molecular weight is 407 g/mol. The van der Waals surface area contributed by atoms with Crippen LogP contribution >= 0.6 is 0 Å². The van der Waals surface area contributed by atoms with Gasteiger partial charge in [0.05, 0.1) is 21.7 Å². The molecule has 1 amide bonds. The molecule has 1 fully saturated rings. The van der Waals surface area contributed by atoms with Gasteiger partial charge in [0, 0.05) is 30.9 Å². The van der Waals surface area contributed by atoms with Crippen molar-refractivity contribution in [2.45, 2.75) is 25.9 Å². The van der Waals surface area contributed by atoms with E-state index in [4.69, 9.17) is 0 Å². The molecule has 0 aromatic heterocycles. The van der Waals surface area contributed by atoms with Crippen LogP contribution in [0.3, 0.4) is 0 Å². The zero-order valence-electron chi connectivity index (χ0n) is 15.7. The van der Waals surface area contributed by atoms with Gasteiger partial charge < -0.3 is 10.2 Å². The Bertz CT molecular complexity index is 923. The number of nitrogens with zero attached hydrogens (tertiary/aromatic N) is 2. The van der Waals surface area contributed by atoms with E-state index in [1.807, 2.05) is 4.90 Å². The van der Waals surface area contributed by atoms with Gasteiger partial charge in [-0.2, -0.15) is 13.2 Å². The molecule has 0 radical (unpaired) electrons. The Morgan fingerprint density at radius 2 is 1.86 bits per heavy atom. The molecule has 1 saturated heterocycles. The fraction of sp³-hybridized carbons (Fsp3) is 0.350. The van der Waals surface area contributed by atoms with Crippen LogP contribution in [-0.4, -0.2) is 23.9 Å². The van der Waals surface area contributed by atoms with Gasteiger partial charge in [0.15, 0.2) is 0 Å². The summed E-state index contributed by atoms with van der Waals surface area (Å²) in [5.74, 6) is -0.145. The first-order valence-electron chi connectivity index (χ1n) is 9.17. The molecule has 1 aliphatic rings. The molecular formula is C20H20F3N3O3. The van der Waals surface area contributed by atoms with E-state index < -0.39 is 22.6 Å². The van der Waals surface area contributed by atoms with Gasteiger partial charge in [-0.25, -0.2) is 0 Å². The topological polar surface area (TPSA) is 75.5 Å². The predicted molar refractivity (Wildman–Crippen MR) is 103 cm³/mol. The summed E-state index contributed by atoms with van der Waals surface area (Å²) < 4.78 is 38.7. The van der Waals surface area contributed by atoms with Crippen LogP contribution in [0.5, 0.6) is 0 Å². The molecule has 154 valence electrons. The SMILES string of the molecule is CC1CCN(c2ccc([N+](=O)[O-])cc2C(=O)Nc2cccc(C(F)(F)F)c2)CC1. The lowest BCUT2D eigenvalue weighted by molar-refractivity contribution is -0.384. The van der Waals surface area contributed by atoms with E-state index in [0.717, 1.165) is 31.0 Å². The van der Waals surface area contributed by atoms with Crippen LogP contribution < -0.4 is 10.2 Å². The summed E-state index contributed by atoms with van der Waals surface area (Å²) in [5, 5.41) is 13.6. The molecule has 2 aromatic rings. The molecule has 2 aromatic carbocycles. The molecule has 9 heteroatoms. The molecule has 0 aliphatic carbocycles.